The fourth-order valence-corrected chi connectivity index (χ4v) is 3.03. The molecule has 0 aromatic heterocycles. The molecule has 0 radical (unpaired) electrons. The van der Waals surface area contributed by atoms with Gasteiger partial charge < -0.3 is 10.1 Å². The Bertz CT molecular complexity index is 567. The Balaban J connectivity index is 1.69. The van der Waals surface area contributed by atoms with E-state index in [9.17, 15) is 0 Å². The first-order chi connectivity index (χ1) is 10.4. The number of nitrogens with one attached hydrogen (secondary N) is 1. The van der Waals surface area contributed by atoms with Crippen molar-refractivity contribution >= 4 is 0 Å². The number of rotatable bonds is 6. The Kier molecular flexibility index (Phi) is 4.69. The summed E-state index contributed by atoms with van der Waals surface area (Å²) in [6.07, 6.45) is 2.38. The highest BCUT2D eigenvalue weighted by atomic mass is 16.5. The molecule has 2 aromatic rings. The number of ether oxygens (including phenoxy) is 1. The van der Waals surface area contributed by atoms with Crippen LogP contribution in [0.25, 0.3) is 0 Å². The number of benzene rings is 2. The van der Waals surface area contributed by atoms with Gasteiger partial charge in [0.15, 0.2) is 0 Å². The third kappa shape index (κ3) is 3.34. The van der Waals surface area contributed by atoms with Gasteiger partial charge in [-0.2, -0.15) is 0 Å². The van der Waals surface area contributed by atoms with Gasteiger partial charge in [-0.1, -0.05) is 61.5 Å². The van der Waals surface area contributed by atoms with E-state index in [-0.39, 0.29) is 6.10 Å². The lowest BCUT2D eigenvalue weighted by atomic mass is 10.1. The van der Waals surface area contributed by atoms with Gasteiger partial charge in [0.2, 0.25) is 0 Å². The monoisotopic (exact) mass is 281 g/mol. The van der Waals surface area contributed by atoms with Crippen molar-refractivity contribution in [3.8, 4) is 0 Å². The molecule has 0 spiro atoms. The molecule has 2 heteroatoms. The maximum Gasteiger partial charge on any atom is 0.0814 e. The van der Waals surface area contributed by atoms with Crippen LogP contribution in [0.15, 0.2) is 54.6 Å². The van der Waals surface area contributed by atoms with Gasteiger partial charge in [0, 0.05) is 6.42 Å². The summed E-state index contributed by atoms with van der Waals surface area (Å²) >= 11 is 0. The van der Waals surface area contributed by atoms with Crippen LogP contribution < -0.4 is 5.32 Å². The molecule has 2 unspecified atom stereocenters. The summed E-state index contributed by atoms with van der Waals surface area (Å²) in [5, 5.41) is 3.65. The summed E-state index contributed by atoms with van der Waals surface area (Å²) in [5.41, 5.74) is 4.07. The molecule has 0 bridgehead atoms. The lowest BCUT2D eigenvalue weighted by molar-refractivity contribution is 0.0228. The van der Waals surface area contributed by atoms with Crippen molar-refractivity contribution in [3.63, 3.8) is 0 Å². The molecule has 1 aliphatic carbocycles. The van der Waals surface area contributed by atoms with E-state index in [1.165, 1.54) is 16.7 Å². The van der Waals surface area contributed by atoms with Crippen molar-refractivity contribution in [1.82, 2.24) is 5.32 Å². The van der Waals surface area contributed by atoms with E-state index >= 15 is 0 Å². The zero-order valence-electron chi connectivity index (χ0n) is 12.6. The van der Waals surface area contributed by atoms with Crippen LogP contribution in [-0.2, 0) is 17.8 Å². The Hall–Kier alpha value is -1.64. The first kappa shape index (κ1) is 14.3. The third-order valence-electron chi connectivity index (χ3n) is 4.10. The molecule has 3 rings (SSSR count). The van der Waals surface area contributed by atoms with E-state index in [4.69, 9.17) is 4.74 Å². The van der Waals surface area contributed by atoms with Crippen LogP contribution in [0.3, 0.4) is 0 Å². The van der Waals surface area contributed by atoms with Gasteiger partial charge in [-0.3, -0.25) is 0 Å². The summed E-state index contributed by atoms with van der Waals surface area (Å²) < 4.78 is 6.22. The van der Waals surface area contributed by atoms with Crippen molar-refractivity contribution in [2.24, 2.45) is 0 Å². The summed E-state index contributed by atoms with van der Waals surface area (Å²) in [7, 11) is 0. The molecule has 0 saturated heterocycles. The average molecular weight is 281 g/mol. The van der Waals surface area contributed by atoms with Crippen molar-refractivity contribution in [2.45, 2.75) is 38.5 Å². The molecule has 0 heterocycles. The second-order valence-corrected chi connectivity index (χ2v) is 5.67. The second-order valence-electron chi connectivity index (χ2n) is 5.67. The van der Waals surface area contributed by atoms with Gasteiger partial charge in [-0.05, 0) is 29.7 Å². The van der Waals surface area contributed by atoms with Crippen LogP contribution >= 0.6 is 0 Å². The van der Waals surface area contributed by atoms with Gasteiger partial charge in [0.1, 0.15) is 0 Å². The molecule has 1 aliphatic rings. The molecule has 110 valence electrons. The molecule has 0 aliphatic heterocycles. The van der Waals surface area contributed by atoms with Crippen LogP contribution in [0.2, 0.25) is 0 Å². The normalized spacial score (nSPS) is 20.4. The van der Waals surface area contributed by atoms with Crippen LogP contribution in [0.5, 0.6) is 0 Å². The zero-order valence-corrected chi connectivity index (χ0v) is 12.6. The minimum absolute atomic E-state index is 0.231. The van der Waals surface area contributed by atoms with E-state index in [0.717, 1.165) is 19.4 Å². The van der Waals surface area contributed by atoms with Crippen molar-refractivity contribution in [3.05, 3.63) is 71.3 Å². The average Bonchev–Trinajstić information content (AvgIpc) is 2.89. The van der Waals surface area contributed by atoms with Crippen LogP contribution in [0, 0.1) is 0 Å². The fraction of sp³-hybridized carbons (Fsp3) is 0.368. The van der Waals surface area contributed by atoms with E-state index in [0.29, 0.717) is 12.6 Å². The lowest BCUT2D eigenvalue weighted by Gasteiger charge is -2.22. The highest BCUT2D eigenvalue weighted by molar-refractivity contribution is 5.36. The molecular weight excluding hydrogens is 258 g/mol. The zero-order chi connectivity index (χ0) is 14.5. The standard InChI is InChI=1S/C19H23NO/c1-2-12-20-19-17-11-7-6-10-16(17)13-18(19)21-14-15-8-4-3-5-9-15/h3-11,18-20H,2,12-14H2,1H3. The summed E-state index contributed by atoms with van der Waals surface area (Å²) in [4.78, 5) is 0. The van der Waals surface area contributed by atoms with Gasteiger partial charge in [0.05, 0.1) is 18.8 Å². The van der Waals surface area contributed by atoms with Gasteiger partial charge in [-0.25, -0.2) is 0 Å². The third-order valence-corrected chi connectivity index (χ3v) is 4.10. The summed E-state index contributed by atoms with van der Waals surface area (Å²) in [6.45, 7) is 3.92. The minimum Gasteiger partial charge on any atom is -0.371 e. The predicted octanol–water partition coefficient (Wildman–Crippen LogP) is 3.87. The predicted molar refractivity (Wildman–Crippen MR) is 86.2 cm³/mol. The number of fused-ring (bicyclic) bond motifs is 1. The number of hydrogen-bond acceptors (Lipinski definition) is 2. The largest absolute Gasteiger partial charge is 0.371 e. The molecule has 1 N–H and O–H groups in total. The molecule has 0 saturated carbocycles. The first-order valence-electron chi connectivity index (χ1n) is 7.85. The molecule has 0 amide bonds. The topological polar surface area (TPSA) is 21.3 Å². The summed E-state index contributed by atoms with van der Waals surface area (Å²) in [5.74, 6) is 0. The fourth-order valence-electron chi connectivity index (χ4n) is 3.03. The SMILES string of the molecule is CCCNC1c2ccccc2CC1OCc1ccccc1. The second kappa shape index (κ2) is 6.88. The molecule has 2 nitrogen and oxygen atoms in total. The maximum atomic E-state index is 6.22. The minimum atomic E-state index is 0.231. The maximum absolute atomic E-state index is 6.22. The molecule has 0 fully saturated rings. The van der Waals surface area contributed by atoms with E-state index < -0.39 is 0 Å². The van der Waals surface area contributed by atoms with Crippen molar-refractivity contribution in [2.75, 3.05) is 6.54 Å². The van der Waals surface area contributed by atoms with Crippen LogP contribution in [0.1, 0.15) is 36.1 Å². The van der Waals surface area contributed by atoms with Crippen molar-refractivity contribution < 1.29 is 4.74 Å². The Labute approximate surface area is 127 Å². The Morgan fingerprint density at radius 2 is 1.81 bits per heavy atom. The van der Waals surface area contributed by atoms with E-state index in [1.807, 2.05) is 6.07 Å². The van der Waals surface area contributed by atoms with Crippen LogP contribution in [0.4, 0.5) is 0 Å². The van der Waals surface area contributed by atoms with E-state index in [1.54, 1.807) is 0 Å². The number of hydrogen-bond donors (Lipinski definition) is 1. The lowest BCUT2D eigenvalue weighted by Crippen LogP contribution is -2.31. The highest BCUT2D eigenvalue weighted by Crippen LogP contribution is 2.33. The van der Waals surface area contributed by atoms with E-state index in [2.05, 4.69) is 60.8 Å². The molecule has 2 atom stereocenters. The highest BCUT2D eigenvalue weighted by Gasteiger charge is 2.32. The van der Waals surface area contributed by atoms with Crippen LogP contribution in [-0.4, -0.2) is 12.6 Å². The van der Waals surface area contributed by atoms with Gasteiger partial charge in [0.25, 0.3) is 0 Å². The smallest absolute Gasteiger partial charge is 0.0814 e. The van der Waals surface area contributed by atoms with Crippen molar-refractivity contribution in [1.29, 1.82) is 0 Å². The van der Waals surface area contributed by atoms with Gasteiger partial charge >= 0.3 is 0 Å². The van der Waals surface area contributed by atoms with Gasteiger partial charge in [-0.15, -0.1) is 0 Å². The molecular formula is C19H23NO. The quantitative estimate of drug-likeness (QED) is 0.868. The Morgan fingerprint density at radius 1 is 1.05 bits per heavy atom. The first-order valence-corrected chi connectivity index (χ1v) is 7.85. The Morgan fingerprint density at radius 3 is 2.62 bits per heavy atom. The molecule has 2 aromatic carbocycles. The molecule has 21 heavy (non-hydrogen) atoms. The summed E-state index contributed by atoms with van der Waals surface area (Å²) in [6, 6.07) is 19.4.